The number of amides is 1. The number of hydrogen-bond donors (Lipinski definition) is 0. The van der Waals surface area contributed by atoms with Gasteiger partial charge < -0.3 is 14.4 Å². The second kappa shape index (κ2) is 7.52. The summed E-state index contributed by atoms with van der Waals surface area (Å²) >= 11 is 0. The molecule has 2 saturated heterocycles. The summed E-state index contributed by atoms with van der Waals surface area (Å²) in [5.41, 5.74) is 0.891. The number of rotatable bonds is 3. The van der Waals surface area contributed by atoms with Crippen LogP contribution < -0.4 is 9.47 Å². The molecule has 0 N–H and O–H groups in total. The average Bonchev–Trinajstić information content (AvgIpc) is 3.06. The lowest BCUT2D eigenvalue weighted by atomic mass is 10.1. The zero-order valence-electron chi connectivity index (χ0n) is 15.2. The first kappa shape index (κ1) is 18.3. The Morgan fingerprint density at radius 3 is 2.52 bits per heavy atom. The summed E-state index contributed by atoms with van der Waals surface area (Å²) < 4.78 is 34.4. The van der Waals surface area contributed by atoms with Gasteiger partial charge in [-0.15, -0.1) is 0 Å². The predicted octanol–water partition coefficient (Wildman–Crippen LogP) is 0.802. The highest BCUT2D eigenvalue weighted by Gasteiger charge is 2.34. The van der Waals surface area contributed by atoms with E-state index in [0.29, 0.717) is 38.5 Å². The van der Waals surface area contributed by atoms with Crippen LogP contribution in [-0.4, -0.2) is 81.1 Å². The van der Waals surface area contributed by atoms with E-state index in [0.717, 1.165) is 24.4 Å². The normalized spacial score (nSPS) is 25.0. The van der Waals surface area contributed by atoms with Crippen molar-refractivity contribution in [3.8, 4) is 11.5 Å². The molecule has 1 aromatic rings. The molecule has 4 rings (SSSR count). The highest BCUT2D eigenvalue weighted by atomic mass is 32.2. The van der Waals surface area contributed by atoms with E-state index in [1.165, 1.54) is 0 Å². The molecule has 1 amide bonds. The average molecular weight is 392 g/mol. The number of carbonyl (C=O) groups is 1. The van der Waals surface area contributed by atoms with E-state index in [1.54, 1.807) is 12.2 Å². The lowest BCUT2D eigenvalue weighted by Crippen LogP contribution is -2.52. The van der Waals surface area contributed by atoms with Crippen LogP contribution in [0.1, 0.15) is 12.0 Å². The van der Waals surface area contributed by atoms with Crippen molar-refractivity contribution in [1.82, 2.24) is 9.80 Å². The maximum absolute atomic E-state index is 12.5. The molecule has 3 heterocycles. The van der Waals surface area contributed by atoms with Crippen LogP contribution in [0, 0.1) is 0 Å². The molecule has 3 aliphatic heterocycles. The number of benzene rings is 1. The van der Waals surface area contributed by atoms with Gasteiger partial charge in [0.15, 0.2) is 21.3 Å². The van der Waals surface area contributed by atoms with E-state index in [9.17, 15) is 13.2 Å². The van der Waals surface area contributed by atoms with Gasteiger partial charge in [0, 0.05) is 38.3 Å². The van der Waals surface area contributed by atoms with Gasteiger partial charge in [-0.05, 0) is 30.2 Å². The van der Waals surface area contributed by atoms with Crippen molar-refractivity contribution >= 4 is 21.8 Å². The molecule has 0 unspecified atom stereocenters. The summed E-state index contributed by atoms with van der Waals surface area (Å²) in [5, 5.41) is 0. The molecule has 0 bridgehead atoms. The fourth-order valence-electron chi connectivity index (χ4n) is 3.81. The van der Waals surface area contributed by atoms with Crippen molar-refractivity contribution in [2.75, 3.05) is 50.9 Å². The lowest BCUT2D eigenvalue weighted by Gasteiger charge is -2.37. The molecule has 0 saturated carbocycles. The van der Waals surface area contributed by atoms with E-state index >= 15 is 0 Å². The molecular weight excluding hydrogens is 368 g/mol. The molecule has 2 fully saturated rings. The van der Waals surface area contributed by atoms with Gasteiger partial charge in [-0.1, -0.05) is 6.07 Å². The van der Waals surface area contributed by atoms with Crippen LogP contribution in [0.15, 0.2) is 24.3 Å². The third kappa shape index (κ3) is 4.27. The van der Waals surface area contributed by atoms with E-state index in [4.69, 9.17) is 9.47 Å². The Labute approximate surface area is 159 Å². The van der Waals surface area contributed by atoms with Crippen LogP contribution in [-0.2, 0) is 14.6 Å². The number of piperazine rings is 1. The van der Waals surface area contributed by atoms with E-state index in [2.05, 4.69) is 4.90 Å². The number of hydrogen-bond acceptors (Lipinski definition) is 6. The van der Waals surface area contributed by atoms with Crippen LogP contribution in [0.2, 0.25) is 0 Å². The fourth-order valence-corrected chi connectivity index (χ4v) is 5.57. The van der Waals surface area contributed by atoms with Gasteiger partial charge in [0.2, 0.25) is 5.91 Å². The van der Waals surface area contributed by atoms with Crippen molar-refractivity contribution in [3.05, 3.63) is 29.8 Å². The Bertz CT molecular complexity index is 844. The zero-order chi connectivity index (χ0) is 18.9. The molecule has 7 nitrogen and oxygen atoms in total. The molecule has 8 heteroatoms. The summed E-state index contributed by atoms with van der Waals surface area (Å²) in [7, 11) is -2.87. The fraction of sp³-hybridized carbons (Fsp3) is 0.526. The smallest absolute Gasteiger partial charge is 0.246 e. The van der Waals surface area contributed by atoms with E-state index < -0.39 is 9.84 Å². The van der Waals surface area contributed by atoms with Gasteiger partial charge >= 0.3 is 0 Å². The quantitative estimate of drug-likeness (QED) is 0.709. The number of fused-ring (bicyclic) bond motifs is 1. The Morgan fingerprint density at radius 1 is 1.07 bits per heavy atom. The molecule has 3 aliphatic rings. The van der Waals surface area contributed by atoms with Crippen molar-refractivity contribution < 1.29 is 22.7 Å². The van der Waals surface area contributed by atoms with Crippen molar-refractivity contribution in [3.63, 3.8) is 0 Å². The molecule has 146 valence electrons. The van der Waals surface area contributed by atoms with Crippen LogP contribution in [0.5, 0.6) is 11.5 Å². The topological polar surface area (TPSA) is 76.2 Å². The van der Waals surface area contributed by atoms with E-state index in [1.807, 2.05) is 23.1 Å². The predicted molar refractivity (Wildman–Crippen MR) is 102 cm³/mol. The first-order chi connectivity index (χ1) is 13.0. The lowest BCUT2D eigenvalue weighted by molar-refractivity contribution is -0.127. The number of sulfone groups is 1. The molecule has 1 aromatic carbocycles. The molecule has 0 spiro atoms. The number of ether oxygens (including phenoxy) is 2. The molecule has 0 aromatic heterocycles. The van der Waals surface area contributed by atoms with Crippen LogP contribution >= 0.6 is 0 Å². The monoisotopic (exact) mass is 392 g/mol. The minimum Gasteiger partial charge on any atom is -0.486 e. The summed E-state index contributed by atoms with van der Waals surface area (Å²) in [6.45, 7) is 3.79. The van der Waals surface area contributed by atoms with Crippen molar-refractivity contribution in [1.29, 1.82) is 0 Å². The van der Waals surface area contributed by atoms with Gasteiger partial charge in [-0.2, -0.15) is 0 Å². The first-order valence-electron chi connectivity index (χ1n) is 9.31. The third-order valence-electron chi connectivity index (χ3n) is 5.34. The molecule has 0 aliphatic carbocycles. The standard InChI is InChI=1S/C19H24N2O5S/c22-19(4-2-15-1-3-17-18(13-15)26-11-10-25-17)21-8-6-20(7-9-21)16-5-12-27(23,24)14-16/h1-4,13,16H,5-12,14H2/b4-2+/t16-/m1/s1. The number of nitrogens with zero attached hydrogens (tertiary/aromatic N) is 2. The Balaban J connectivity index is 1.31. The summed E-state index contributed by atoms with van der Waals surface area (Å²) in [5.74, 6) is 1.95. The molecule has 0 radical (unpaired) electrons. The molecular formula is C19H24N2O5S. The zero-order valence-corrected chi connectivity index (χ0v) is 16.0. The summed E-state index contributed by atoms with van der Waals surface area (Å²) in [6.07, 6.45) is 4.08. The van der Waals surface area contributed by atoms with Gasteiger partial charge in [0.1, 0.15) is 13.2 Å². The van der Waals surface area contributed by atoms with Crippen LogP contribution in [0.3, 0.4) is 0 Å². The van der Waals surface area contributed by atoms with Crippen molar-refractivity contribution in [2.45, 2.75) is 12.5 Å². The molecule has 1 atom stereocenters. The summed E-state index contributed by atoms with van der Waals surface area (Å²) in [6, 6.07) is 5.74. The van der Waals surface area contributed by atoms with Gasteiger partial charge in [-0.3, -0.25) is 9.69 Å². The maximum Gasteiger partial charge on any atom is 0.246 e. The Hall–Kier alpha value is -2.06. The minimum atomic E-state index is -2.87. The van der Waals surface area contributed by atoms with Gasteiger partial charge in [0.05, 0.1) is 11.5 Å². The Morgan fingerprint density at radius 2 is 1.81 bits per heavy atom. The first-order valence-corrected chi connectivity index (χ1v) is 11.1. The Kier molecular flexibility index (Phi) is 5.10. The van der Waals surface area contributed by atoms with Gasteiger partial charge in [-0.25, -0.2) is 8.42 Å². The minimum absolute atomic E-state index is 0.0245. The third-order valence-corrected chi connectivity index (χ3v) is 7.09. The highest BCUT2D eigenvalue weighted by Crippen LogP contribution is 2.31. The summed E-state index contributed by atoms with van der Waals surface area (Å²) in [4.78, 5) is 16.5. The maximum atomic E-state index is 12.5. The second-order valence-electron chi connectivity index (χ2n) is 7.15. The SMILES string of the molecule is O=C(/C=C/c1ccc2c(c1)OCCO2)N1CCN([C@@H]2CCS(=O)(=O)C2)CC1. The van der Waals surface area contributed by atoms with E-state index in [-0.39, 0.29) is 23.5 Å². The largest absolute Gasteiger partial charge is 0.486 e. The van der Waals surface area contributed by atoms with Crippen LogP contribution in [0.4, 0.5) is 0 Å². The number of carbonyl (C=O) groups excluding carboxylic acids is 1. The van der Waals surface area contributed by atoms with Crippen molar-refractivity contribution in [2.24, 2.45) is 0 Å². The molecule has 27 heavy (non-hydrogen) atoms. The highest BCUT2D eigenvalue weighted by molar-refractivity contribution is 7.91. The van der Waals surface area contributed by atoms with Crippen LogP contribution in [0.25, 0.3) is 6.08 Å². The second-order valence-corrected chi connectivity index (χ2v) is 9.38. The van der Waals surface area contributed by atoms with Gasteiger partial charge in [0.25, 0.3) is 0 Å².